The molecule has 0 bridgehead atoms. The summed E-state index contributed by atoms with van der Waals surface area (Å²) in [6.07, 6.45) is 2.80. The number of thiazole rings is 1. The topological polar surface area (TPSA) is 38.1 Å². The minimum absolute atomic E-state index is 0.0838. The molecule has 0 radical (unpaired) electrons. The van der Waals surface area contributed by atoms with Crippen molar-refractivity contribution in [2.75, 3.05) is 6.54 Å². The number of rotatable bonds is 5. The van der Waals surface area contributed by atoms with Gasteiger partial charge in [-0.1, -0.05) is 6.92 Å². The second-order valence-corrected chi connectivity index (χ2v) is 6.29. The molecule has 1 unspecified atom stereocenters. The molecule has 0 saturated heterocycles. The fraction of sp³-hybridized carbons (Fsp3) is 0.462. The summed E-state index contributed by atoms with van der Waals surface area (Å²) in [5, 5.41) is 4.62. The maximum Gasteiger partial charge on any atom is 0.140 e. The predicted octanol–water partition coefficient (Wildman–Crippen LogP) is 4.20. The third-order valence-corrected chi connectivity index (χ3v) is 4.50. The van der Waals surface area contributed by atoms with E-state index in [1.807, 2.05) is 13.0 Å². The molecule has 2 rings (SSSR count). The highest BCUT2D eigenvalue weighted by molar-refractivity contribution is 9.10. The summed E-state index contributed by atoms with van der Waals surface area (Å²) in [5.41, 5.74) is 1.08. The van der Waals surface area contributed by atoms with Crippen molar-refractivity contribution >= 4 is 27.3 Å². The van der Waals surface area contributed by atoms with Crippen LogP contribution in [0.5, 0.6) is 0 Å². The van der Waals surface area contributed by atoms with Gasteiger partial charge in [-0.2, -0.15) is 0 Å². The number of hydrogen-bond acceptors (Lipinski definition) is 4. The van der Waals surface area contributed by atoms with Crippen LogP contribution in [0.1, 0.15) is 40.7 Å². The minimum atomic E-state index is 0.0838. The number of nitrogens with zero attached hydrogens (tertiary/aromatic N) is 1. The van der Waals surface area contributed by atoms with Gasteiger partial charge in [-0.15, -0.1) is 11.3 Å². The van der Waals surface area contributed by atoms with Crippen molar-refractivity contribution in [1.29, 1.82) is 0 Å². The van der Waals surface area contributed by atoms with Gasteiger partial charge < -0.3 is 9.73 Å². The van der Waals surface area contributed by atoms with Gasteiger partial charge in [-0.3, -0.25) is 0 Å². The standard InChI is InChI=1S/C13H17BrN2OS/c1-4-6-15-11(12-10(14)5-7-17-12)13-8(2)16-9(3)18-13/h5,7,11,15H,4,6H2,1-3H3. The molecular weight excluding hydrogens is 312 g/mol. The van der Waals surface area contributed by atoms with Gasteiger partial charge in [0.2, 0.25) is 0 Å². The van der Waals surface area contributed by atoms with Crippen molar-refractivity contribution in [3.63, 3.8) is 0 Å². The molecule has 2 heterocycles. The Bertz CT molecular complexity index is 521. The smallest absolute Gasteiger partial charge is 0.140 e. The zero-order chi connectivity index (χ0) is 13.1. The van der Waals surface area contributed by atoms with E-state index in [0.29, 0.717) is 0 Å². The molecule has 98 valence electrons. The molecule has 1 atom stereocenters. The lowest BCUT2D eigenvalue weighted by molar-refractivity contribution is 0.446. The van der Waals surface area contributed by atoms with E-state index in [9.17, 15) is 0 Å². The summed E-state index contributed by atoms with van der Waals surface area (Å²) < 4.78 is 6.61. The fourth-order valence-electron chi connectivity index (χ4n) is 1.92. The van der Waals surface area contributed by atoms with Crippen LogP contribution in [0.15, 0.2) is 21.2 Å². The fourth-order valence-corrected chi connectivity index (χ4v) is 3.35. The van der Waals surface area contributed by atoms with Crippen molar-refractivity contribution in [2.24, 2.45) is 0 Å². The van der Waals surface area contributed by atoms with E-state index in [2.05, 4.69) is 40.1 Å². The van der Waals surface area contributed by atoms with Gasteiger partial charge in [0, 0.05) is 0 Å². The van der Waals surface area contributed by atoms with Gasteiger partial charge in [0.15, 0.2) is 0 Å². The number of aromatic nitrogens is 1. The Morgan fingerprint density at radius 1 is 1.50 bits per heavy atom. The van der Waals surface area contributed by atoms with Crippen LogP contribution in [0.3, 0.4) is 0 Å². The number of halogens is 1. The van der Waals surface area contributed by atoms with Crippen molar-refractivity contribution in [2.45, 2.75) is 33.2 Å². The third kappa shape index (κ3) is 2.84. The lowest BCUT2D eigenvalue weighted by atomic mass is 10.1. The van der Waals surface area contributed by atoms with Crippen molar-refractivity contribution in [3.8, 4) is 0 Å². The van der Waals surface area contributed by atoms with Gasteiger partial charge >= 0.3 is 0 Å². The van der Waals surface area contributed by atoms with Gasteiger partial charge in [0.25, 0.3) is 0 Å². The summed E-state index contributed by atoms with van der Waals surface area (Å²) in [5.74, 6) is 0.926. The summed E-state index contributed by atoms with van der Waals surface area (Å²) in [6, 6.07) is 2.01. The van der Waals surface area contributed by atoms with Crippen LogP contribution in [0, 0.1) is 13.8 Å². The molecule has 0 aliphatic carbocycles. The molecule has 2 aromatic heterocycles. The van der Waals surface area contributed by atoms with E-state index >= 15 is 0 Å². The number of hydrogen-bond donors (Lipinski definition) is 1. The molecule has 18 heavy (non-hydrogen) atoms. The highest BCUT2D eigenvalue weighted by Gasteiger charge is 2.23. The second-order valence-electron chi connectivity index (χ2n) is 4.20. The maximum atomic E-state index is 5.61. The predicted molar refractivity (Wildman–Crippen MR) is 78.1 cm³/mol. The molecule has 0 aliphatic rings. The summed E-state index contributed by atoms with van der Waals surface area (Å²) in [7, 11) is 0. The molecular formula is C13H17BrN2OS. The quantitative estimate of drug-likeness (QED) is 0.893. The number of aryl methyl sites for hydroxylation is 2. The van der Waals surface area contributed by atoms with Crippen molar-refractivity contribution in [1.82, 2.24) is 10.3 Å². The van der Waals surface area contributed by atoms with E-state index in [0.717, 1.165) is 33.9 Å². The Hall–Kier alpha value is -0.650. The van der Waals surface area contributed by atoms with Crippen LogP contribution in [0.2, 0.25) is 0 Å². The lowest BCUT2D eigenvalue weighted by Crippen LogP contribution is -2.22. The SMILES string of the molecule is CCCNC(c1occc1Br)c1sc(C)nc1C. The first-order chi connectivity index (χ1) is 8.63. The monoisotopic (exact) mass is 328 g/mol. The second kappa shape index (κ2) is 5.99. The summed E-state index contributed by atoms with van der Waals surface area (Å²) in [6.45, 7) is 7.20. The van der Waals surface area contributed by atoms with Gasteiger partial charge in [0.05, 0.1) is 26.3 Å². The van der Waals surface area contributed by atoms with Gasteiger partial charge in [-0.25, -0.2) is 4.98 Å². The van der Waals surface area contributed by atoms with Crippen molar-refractivity contribution in [3.05, 3.63) is 38.1 Å². The molecule has 0 saturated carbocycles. The molecule has 0 fully saturated rings. The first kappa shape index (κ1) is 13.8. The molecule has 3 nitrogen and oxygen atoms in total. The Balaban J connectivity index is 2.37. The Labute approximate surface area is 120 Å². The molecule has 5 heteroatoms. The Kier molecular flexibility index (Phi) is 4.59. The highest BCUT2D eigenvalue weighted by Crippen LogP contribution is 2.34. The maximum absolute atomic E-state index is 5.61. The molecule has 1 N–H and O–H groups in total. The zero-order valence-electron chi connectivity index (χ0n) is 10.8. The minimum Gasteiger partial charge on any atom is -0.466 e. The summed E-state index contributed by atoms with van der Waals surface area (Å²) >= 11 is 5.26. The molecule has 0 aliphatic heterocycles. The zero-order valence-corrected chi connectivity index (χ0v) is 13.2. The van der Waals surface area contributed by atoms with E-state index in [-0.39, 0.29) is 6.04 Å². The first-order valence-electron chi connectivity index (χ1n) is 6.03. The van der Waals surface area contributed by atoms with Gasteiger partial charge in [0.1, 0.15) is 11.8 Å². The van der Waals surface area contributed by atoms with E-state index < -0.39 is 0 Å². The van der Waals surface area contributed by atoms with Crippen LogP contribution in [-0.4, -0.2) is 11.5 Å². The van der Waals surface area contributed by atoms with Crippen LogP contribution < -0.4 is 5.32 Å². The van der Waals surface area contributed by atoms with Crippen molar-refractivity contribution < 1.29 is 4.42 Å². The van der Waals surface area contributed by atoms with E-state index in [4.69, 9.17) is 4.42 Å². The Morgan fingerprint density at radius 2 is 2.28 bits per heavy atom. The highest BCUT2D eigenvalue weighted by atomic mass is 79.9. The summed E-state index contributed by atoms with van der Waals surface area (Å²) in [4.78, 5) is 5.73. The molecule has 0 aromatic carbocycles. The lowest BCUT2D eigenvalue weighted by Gasteiger charge is -2.16. The van der Waals surface area contributed by atoms with Gasteiger partial charge in [-0.05, 0) is 48.8 Å². The molecule has 2 aromatic rings. The first-order valence-corrected chi connectivity index (χ1v) is 7.64. The number of furan rings is 1. The van der Waals surface area contributed by atoms with Crippen LogP contribution in [0.4, 0.5) is 0 Å². The normalized spacial score (nSPS) is 12.9. The van der Waals surface area contributed by atoms with Crippen LogP contribution in [-0.2, 0) is 0 Å². The average molecular weight is 329 g/mol. The van der Waals surface area contributed by atoms with E-state index in [1.165, 1.54) is 4.88 Å². The average Bonchev–Trinajstić information content (AvgIpc) is 2.87. The van der Waals surface area contributed by atoms with E-state index in [1.54, 1.807) is 17.6 Å². The molecule has 0 amide bonds. The van der Waals surface area contributed by atoms with Crippen LogP contribution >= 0.6 is 27.3 Å². The number of nitrogens with one attached hydrogen (secondary N) is 1. The largest absolute Gasteiger partial charge is 0.466 e. The third-order valence-electron chi connectivity index (χ3n) is 2.71. The van der Waals surface area contributed by atoms with Crippen LogP contribution in [0.25, 0.3) is 0 Å². The molecule has 0 spiro atoms. The Morgan fingerprint density at radius 3 is 2.78 bits per heavy atom.